The van der Waals surface area contributed by atoms with E-state index in [-0.39, 0.29) is 0 Å². The van der Waals surface area contributed by atoms with Crippen molar-refractivity contribution in [3.05, 3.63) is 0 Å². The molecule has 0 bridgehead atoms. The van der Waals surface area contributed by atoms with E-state index in [9.17, 15) is 4.89 Å². The summed E-state index contributed by atoms with van der Waals surface area (Å²) in [7, 11) is -1.11. The summed E-state index contributed by atoms with van der Waals surface area (Å²) in [5, 5.41) is 0. The number of hydrogen-bond acceptors (Lipinski definition) is 2. The first-order chi connectivity index (χ1) is 8.31. The van der Waals surface area contributed by atoms with Crippen molar-refractivity contribution in [1.82, 2.24) is 0 Å². The number of rotatable bonds is 13. The second-order valence-corrected chi connectivity index (χ2v) is 6.28. The van der Waals surface area contributed by atoms with Crippen LogP contribution in [0.15, 0.2) is 0 Å². The van der Waals surface area contributed by atoms with Gasteiger partial charge in [0.2, 0.25) is 0 Å². The van der Waals surface area contributed by atoms with Gasteiger partial charge in [-0.05, 0) is 6.42 Å². The third-order valence-electron chi connectivity index (χ3n) is 3.01. The average Bonchev–Trinajstić information content (AvgIpc) is 2.35. The Bertz CT molecular complexity index is 142. The normalized spacial score (nSPS) is 12.9. The van der Waals surface area contributed by atoms with Gasteiger partial charge in [0.25, 0.3) is 0 Å². The van der Waals surface area contributed by atoms with E-state index in [1.807, 2.05) is 6.92 Å². The van der Waals surface area contributed by atoms with E-state index in [1.54, 1.807) is 0 Å². The molecule has 0 aromatic rings. The molecule has 0 saturated carbocycles. The van der Waals surface area contributed by atoms with Crippen LogP contribution in [-0.2, 0) is 4.52 Å². The Kier molecular flexibility index (Phi) is 14.7. The van der Waals surface area contributed by atoms with Crippen molar-refractivity contribution in [3.63, 3.8) is 0 Å². The molecule has 0 rings (SSSR count). The SMILES string of the molecule is CCCCCCCCCCCCOP(O)CC. The van der Waals surface area contributed by atoms with Crippen LogP contribution in [0.4, 0.5) is 0 Å². The van der Waals surface area contributed by atoms with Gasteiger partial charge in [-0.25, -0.2) is 0 Å². The molecule has 0 spiro atoms. The van der Waals surface area contributed by atoms with Gasteiger partial charge in [-0.1, -0.05) is 71.6 Å². The molecule has 17 heavy (non-hydrogen) atoms. The minimum absolute atomic E-state index is 0.743. The van der Waals surface area contributed by atoms with E-state index in [1.165, 1.54) is 57.8 Å². The molecule has 0 aliphatic rings. The summed E-state index contributed by atoms with van der Waals surface area (Å²) in [6.45, 7) is 4.97. The van der Waals surface area contributed by atoms with Crippen LogP contribution in [0.3, 0.4) is 0 Å². The van der Waals surface area contributed by atoms with Crippen LogP contribution in [0, 0.1) is 0 Å². The molecular weight excluding hydrogens is 231 g/mol. The lowest BCUT2D eigenvalue weighted by molar-refractivity contribution is 0.299. The molecule has 104 valence electrons. The molecule has 0 heterocycles. The summed E-state index contributed by atoms with van der Waals surface area (Å²) in [5.74, 6) is 0. The summed E-state index contributed by atoms with van der Waals surface area (Å²) in [6, 6.07) is 0. The first-order valence-electron chi connectivity index (χ1n) is 7.40. The smallest absolute Gasteiger partial charge is 0.167 e. The zero-order valence-corrected chi connectivity index (χ0v) is 12.7. The quantitative estimate of drug-likeness (QED) is 0.363. The summed E-state index contributed by atoms with van der Waals surface area (Å²) in [4.78, 5) is 9.24. The van der Waals surface area contributed by atoms with Crippen molar-refractivity contribution >= 4 is 8.38 Å². The van der Waals surface area contributed by atoms with Crippen molar-refractivity contribution in [3.8, 4) is 0 Å². The molecule has 3 heteroatoms. The maximum absolute atomic E-state index is 9.24. The zero-order valence-electron chi connectivity index (χ0n) is 11.8. The molecule has 0 radical (unpaired) electrons. The number of unbranched alkanes of at least 4 members (excludes halogenated alkanes) is 9. The monoisotopic (exact) mass is 262 g/mol. The van der Waals surface area contributed by atoms with Crippen LogP contribution in [0.1, 0.15) is 78.1 Å². The minimum Gasteiger partial charge on any atom is -0.350 e. The van der Waals surface area contributed by atoms with Gasteiger partial charge in [0.05, 0.1) is 6.61 Å². The predicted molar refractivity (Wildman–Crippen MR) is 77.5 cm³/mol. The van der Waals surface area contributed by atoms with Gasteiger partial charge in [0, 0.05) is 6.16 Å². The molecule has 1 atom stereocenters. The van der Waals surface area contributed by atoms with Crippen LogP contribution in [0.2, 0.25) is 0 Å². The van der Waals surface area contributed by atoms with Gasteiger partial charge in [-0.15, -0.1) is 0 Å². The van der Waals surface area contributed by atoms with Crippen molar-refractivity contribution in [2.45, 2.75) is 78.1 Å². The molecule has 0 amide bonds. The second kappa shape index (κ2) is 14.4. The minimum atomic E-state index is -1.11. The summed E-state index contributed by atoms with van der Waals surface area (Å²) in [6.07, 6.45) is 14.2. The lowest BCUT2D eigenvalue weighted by Crippen LogP contribution is -1.91. The molecular formula is C14H31O2P. The van der Waals surface area contributed by atoms with Crippen molar-refractivity contribution in [2.75, 3.05) is 12.8 Å². The van der Waals surface area contributed by atoms with Crippen LogP contribution in [-0.4, -0.2) is 17.7 Å². The van der Waals surface area contributed by atoms with Crippen molar-refractivity contribution in [2.24, 2.45) is 0 Å². The van der Waals surface area contributed by atoms with Crippen LogP contribution < -0.4 is 0 Å². The van der Waals surface area contributed by atoms with Gasteiger partial charge >= 0.3 is 0 Å². The van der Waals surface area contributed by atoms with Gasteiger partial charge in [-0.3, -0.25) is 0 Å². The Morgan fingerprint density at radius 3 is 1.71 bits per heavy atom. The second-order valence-electron chi connectivity index (χ2n) is 4.68. The molecule has 0 saturated heterocycles. The third kappa shape index (κ3) is 14.3. The molecule has 0 aromatic heterocycles. The van der Waals surface area contributed by atoms with Gasteiger partial charge in [0.1, 0.15) is 0 Å². The van der Waals surface area contributed by atoms with E-state index < -0.39 is 8.38 Å². The molecule has 2 nitrogen and oxygen atoms in total. The zero-order chi connectivity index (χ0) is 12.8. The fourth-order valence-electron chi connectivity index (χ4n) is 1.85. The summed E-state index contributed by atoms with van der Waals surface area (Å²) < 4.78 is 5.28. The molecule has 0 aliphatic heterocycles. The summed E-state index contributed by atoms with van der Waals surface area (Å²) >= 11 is 0. The fourth-order valence-corrected chi connectivity index (χ4v) is 2.37. The maximum Gasteiger partial charge on any atom is 0.167 e. The predicted octanol–water partition coefficient (Wildman–Crippen LogP) is 5.25. The van der Waals surface area contributed by atoms with Crippen molar-refractivity contribution < 1.29 is 9.42 Å². The van der Waals surface area contributed by atoms with E-state index >= 15 is 0 Å². The standard InChI is InChI=1S/C14H31O2P/c1-3-5-6-7-8-9-10-11-12-13-14-16-17(15)4-2/h15H,3-14H2,1-2H3. The highest BCUT2D eigenvalue weighted by molar-refractivity contribution is 7.46. The first-order valence-corrected chi connectivity index (χ1v) is 8.80. The van der Waals surface area contributed by atoms with Crippen molar-refractivity contribution in [1.29, 1.82) is 0 Å². The molecule has 0 aromatic carbocycles. The van der Waals surface area contributed by atoms with E-state index in [0.717, 1.165) is 19.2 Å². The average molecular weight is 262 g/mol. The Morgan fingerprint density at radius 1 is 0.765 bits per heavy atom. The molecule has 1 N–H and O–H groups in total. The molecule has 0 aliphatic carbocycles. The highest BCUT2D eigenvalue weighted by Crippen LogP contribution is 2.30. The maximum atomic E-state index is 9.24. The Balaban J connectivity index is 2.94. The Labute approximate surface area is 109 Å². The summed E-state index contributed by atoms with van der Waals surface area (Å²) in [5.41, 5.74) is 0. The fraction of sp³-hybridized carbons (Fsp3) is 1.00. The van der Waals surface area contributed by atoms with E-state index in [0.29, 0.717) is 0 Å². The van der Waals surface area contributed by atoms with Crippen LogP contribution in [0.25, 0.3) is 0 Å². The lowest BCUT2D eigenvalue weighted by atomic mass is 10.1. The highest BCUT2D eigenvalue weighted by Gasteiger charge is 1.99. The van der Waals surface area contributed by atoms with Gasteiger partial charge < -0.3 is 9.42 Å². The van der Waals surface area contributed by atoms with E-state index in [2.05, 4.69) is 6.92 Å². The molecule has 0 fully saturated rings. The van der Waals surface area contributed by atoms with Gasteiger partial charge in [-0.2, -0.15) is 0 Å². The van der Waals surface area contributed by atoms with Crippen LogP contribution in [0.5, 0.6) is 0 Å². The Hall–Kier alpha value is 0.350. The topological polar surface area (TPSA) is 29.5 Å². The van der Waals surface area contributed by atoms with E-state index in [4.69, 9.17) is 4.52 Å². The highest BCUT2D eigenvalue weighted by atomic mass is 31.2. The van der Waals surface area contributed by atoms with Gasteiger partial charge in [0.15, 0.2) is 8.38 Å². The molecule has 1 unspecified atom stereocenters. The Morgan fingerprint density at radius 2 is 1.24 bits per heavy atom. The largest absolute Gasteiger partial charge is 0.350 e. The lowest BCUT2D eigenvalue weighted by Gasteiger charge is -2.07. The third-order valence-corrected chi connectivity index (χ3v) is 4.03. The first kappa shape index (κ1) is 17.4. The number of hydrogen-bond donors (Lipinski definition) is 1. The van der Waals surface area contributed by atoms with Crippen LogP contribution >= 0.6 is 8.38 Å².